The second-order valence-corrected chi connectivity index (χ2v) is 7.16. The van der Waals surface area contributed by atoms with Crippen LogP contribution < -0.4 is 21.3 Å². The van der Waals surface area contributed by atoms with Gasteiger partial charge in [-0.1, -0.05) is 6.07 Å². The Balaban J connectivity index is 1.68. The molecule has 0 bridgehead atoms. The van der Waals surface area contributed by atoms with Gasteiger partial charge in [0.25, 0.3) is 0 Å². The number of nitriles is 4. The van der Waals surface area contributed by atoms with Crippen LogP contribution in [0.25, 0.3) is 0 Å². The highest BCUT2D eigenvalue weighted by Crippen LogP contribution is 2.22. The molecule has 4 N–H and O–H groups in total. The molecule has 0 atom stereocenters. The molecule has 10 heteroatoms. The first-order chi connectivity index (χ1) is 16.9. The van der Waals surface area contributed by atoms with Crippen LogP contribution in [0.2, 0.25) is 0 Å². The number of hydrogen-bond donors (Lipinski definition) is 4. The Kier molecular flexibility index (Phi) is 7.25. The van der Waals surface area contributed by atoms with Crippen LogP contribution in [-0.2, 0) is 0 Å². The number of nitrogens with zero attached hydrogens (tertiary/aromatic N) is 4. The first-order valence-electron chi connectivity index (χ1n) is 10.0. The Morgan fingerprint density at radius 1 is 0.571 bits per heavy atom. The van der Waals surface area contributed by atoms with Gasteiger partial charge >= 0.3 is 12.1 Å². The Morgan fingerprint density at radius 2 is 0.971 bits per heavy atom. The zero-order valence-electron chi connectivity index (χ0n) is 18.3. The van der Waals surface area contributed by atoms with Crippen LogP contribution in [0.3, 0.4) is 0 Å². The van der Waals surface area contributed by atoms with E-state index in [1.807, 2.05) is 24.3 Å². The first kappa shape index (κ1) is 23.8. The summed E-state index contributed by atoms with van der Waals surface area (Å²) in [7, 11) is 0. The van der Waals surface area contributed by atoms with E-state index in [0.717, 1.165) is 5.56 Å². The maximum atomic E-state index is 12.5. The van der Waals surface area contributed by atoms with Gasteiger partial charge in [0.1, 0.15) is 24.3 Å². The second kappa shape index (κ2) is 10.7. The van der Waals surface area contributed by atoms with Gasteiger partial charge in [-0.25, -0.2) is 9.59 Å². The molecule has 0 spiro atoms. The van der Waals surface area contributed by atoms with E-state index in [0.29, 0.717) is 22.7 Å². The van der Waals surface area contributed by atoms with E-state index < -0.39 is 12.1 Å². The SMILES string of the molecule is Cc1ccc(NC(=O)Nc2ccc(C#N)c(C#N)c2)cc1NC(=O)Nc1ccc(C#N)c(C#N)c1. The maximum absolute atomic E-state index is 12.5. The van der Waals surface area contributed by atoms with E-state index in [1.165, 1.54) is 36.4 Å². The topological polar surface area (TPSA) is 177 Å². The quantitative estimate of drug-likeness (QED) is 0.435. The number of benzene rings is 3. The minimum atomic E-state index is -0.584. The standard InChI is InChI=1S/C25H16N8O2/c1-15-2-5-22(32-24(34)30-20-6-3-16(11-26)18(8-20)13-28)10-23(15)33-25(35)31-21-7-4-17(12-27)19(9-21)14-29/h2-10H,1H3,(H2,30,32,34)(H2,31,33,35). The molecule has 3 rings (SSSR count). The molecule has 35 heavy (non-hydrogen) atoms. The number of rotatable bonds is 4. The third-order valence-corrected chi connectivity index (χ3v) is 4.78. The smallest absolute Gasteiger partial charge is 0.308 e. The van der Waals surface area contributed by atoms with Crippen molar-refractivity contribution in [2.24, 2.45) is 0 Å². The molecular formula is C25H16N8O2. The van der Waals surface area contributed by atoms with E-state index in [1.54, 1.807) is 25.1 Å². The normalized spacial score (nSPS) is 9.40. The number of anilines is 4. The Bertz CT molecular complexity index is 1500. The van der Waals surface area contributed by atoms with Crippen molar-refractivity contribution < 1.29 is 9.59 Å². The van der Waals surface area contributed by atoms with E-state index in [9.17, 15) is 9.59 Å². The molecule has 0 aromatic heterocycles. The molecule has 0 radical (unpaired) electrons. The van der Waals surface area contributed by atoms with Crippen molar-refractivity contribution in [3.8, 4) is 24.3 Å². The Labute approximate surface area is 200 Å². The number of nitrogens with one attached hydrogen (secondary N) is 4. The molecule has 0 heterocycles. The highest BCUT2D eigenvalue weighted by molar-refractivity contribution is 6.02. The molecule has 3 aromatic rings. The fourth-order valence-corrected chi connectivity index (χ4v) is 3.04. The summed E-state index contributed by atoms with van der Waals surface area (Å²) < 4.78 is 0. The van der Waals surface area contributed by atoms with Gasteiger partial charge in [0.05, 0.1) is 22.3 Å². The number of aryl methyl sites for hydroxylation is 1. The monoisotopic (exact) mass is 460 g/mol. The molecule has 0 saturated heterocycles. The lowest BCUT2D eigenvalue weighted by Crippen LogP contribution is -2.21. The summed E-state index contributed by atoms with van der Waals surface area (Å²) in [5.74, 6) is 0. The van der Waals surface area contributed by atoms with Gasteiger partial charge in [-0.15, -0.1) is 0 Å². The molecule has 0 unspecified atom stereocenters. The van der Waals surface area contributed by atoms with Crippen LogP contribution in [0, 0.1) is 52.2 Å². The Hall–Kier alpha value is -5.84. The lowest BCUT2D eigenvalue weighted by Gasteiger charge is -2.13. The van der Waals surface area contributed by atoms with Gasteiger partial charge in [-0.05, 0) is 61.0 Å². The molecule has 168 valence electrons. The van der Waals surface area contributed by atoms with Gasteiger partial charge in [0.15, 0.2) is 0 Å². The summed E-state index contributed by atoms with van der Waals surface area (Å²) in [5, 5.41) is 46.7. The summed E-state index contributed by atoms with van der Waals surface area (Å²) >= 11 is 0. The largest absolute Gasteiger partial charge is 0.323 e. The van der Waals surface area contributed by atoms with Crippen LogP contribution >= 0.6 is 0 Å². The van der Waals surface area contributed by atoms with Gasteiger partial charge in [0, 0.05) is 22.7 Å². The van der Waals surface area contributed by atoms with E-state index >= 15 is 0 Å². The van der Waals surface area contributed by atoms with Crippen molar-refractivity contribution in [3.63, 3.8) is 0 Å². The number of carbonyl (C=O) groups is 2. The predicted octanol–water partition coefficient (Wildman–Crippen LogP) is 4.77. The minimum absolute atomic E-state index is 0.141. The third kappa shape index (κ3) is 5.90. The third-order valence-electron chi connectivity index (χ3n) is 4.78. The first-order valence-corrected chi connectivity index (χ1v) is 10.0. The number of amides is 4. The maximum Gasteiger partial charge on any atom is 0.323 e. The molecule has 3 aromatic carbocycles. The fourth-order valence-electron chi connectivity index (χ4n) is 3.04. The molecule has 0 aliphatic carbocycles. The summed E-state index contributed by atoms with van der Waals surface area (Å²) in [6.45, 7) is 1.77. The van der Waals surface area contributed by atoms with E-state index in [2.05, 4.69) is 21.3 Å². The molecule has 0 aliphatic heterocycles. The molecule has 0 fully saturated rings. The van der Waals surface area contributed by atoms with Gasteiger partial charge in [0.2, 0.25) is 0 Å². The zero-order valence-corrected chi connectivity index (χ0v) is 18.3. The average molecular weight is 460 g/mol. The van der Waals surface area contributed by atoms with Crippen LogP contribution in [-0.4, -0.2) is 12.1 Å². The van der Waals surface area contributed by atoms with Crippen molar-refractivity contribution in [1.82, 2.24) is 0 Å². The van der Waals surface area contributed by atoms with Crippen molar-refractivity contribution in [2.75, 3.05) is 21.3 Å². The van der Waals surface area contributed by atoms with Gasteiger partial charge in [-0.3, -0.25) is 0 Å². The summed E-state index contributed by atoms with van der Waals surface area (Å²) in [4.78, 5) is 24.8. The lowest BCUT2D eigenvalue weighted by molar-refractivity contribution is 0.261. The van der Waals surface area contributed by atoms with Crippen LogP contribution in [0.4, 0.5) is 32.3 Å². The Morgan fingerprint density at radius 3 is 1.43 bits per heavy atom. The summed E-state index contributed by atoms with van der Waals surface area (Å²) in [5.41, 5.74) is 2.92. The van der Waals surface area contributed by atoms with Crippen LogP contribution in [0.15, 0.2) is 54.6 Å². The van der Waals surface area contributed by atoms with E-state index in [-0.39, 0.29) is 22.3 Å². The molecule has 0 saturated carbocycles. The van der Waals surface area contributed by atoms with Crippen molar-refractivity contribution in [3.05, 3.63) is 82.4 Å². The predicted molar refractivity (Wildman–Crippen MR) is 128 cm³/mol. The van der Waals surface area contributed by atoms with Crippen molar-refractivity contribution in [1.29, 1.82) is 21.0 Å². The lowest BCUT2D eigenvalue weighted by atomic mass is 10.1. The summed E-state index contributed by atoms with van der Waals surface area (Å²) in [6, 6.07) is 20.1. The number of carbonyl (C=O) groups excluding carboxylic acids is 2. The minimum Gasteiger partial charge on any atom is -0.308 e. The summed E-state index contributed by atoms with van der Waals surface area (Å²) in [6.07, 6.45) is 0. The van der Waals surface area contributed by atoms with Crippen molar-refractivity contribution in [2.45, 2.75) is 6.92 Å². The molecule has 10 nitrogen and oxygen atoms in total. The van der Waals surface area contributed by atoms with Gasteiger partial charge < -0.3 is 21.3 Å². The fraction of sp³-hybridized carbons (Fsp3) is 0.0400. The molecular weight excluding hydrogens is 444 g/mol. The highest BCUT2D eigenvalue weighted by Gasteiger charge is 2.11. The molecule has 4 amide bonds. The van der Waals surface area contributed by atoms with Gasteiger partial charge in [-0.2, -0.15) is 21.0 Å². The second-order valence-electron chi connectivity index (χ2n) is 7.16. The zero-order chi connectivity index (χ0) is 25.4. The average Bonchev–Trinajstić information content (AvgIpc) is 2.85. The molecule has 0 aliphatic rings. The van der Waals surface area contributed by atoms with Crippen LogP contribution in [0.5, 0.6) is 0 Å². The number of urea groups is 2. The highest BCUT2D eigenvalue weighted by atomic mass is 16.2. The van der Waals surface area contributed by atoms with Crippen LogP contribution in [0.1, 0.15) is 27.8 Å². The van der Waals surface area contributed by atoms with E-state index in [4.69, 9.17) is 21.0 Å². The van der Waals surface area contributed by atoms with Crippen molar-refractivity contribution >= 4 is 34.8 Å². The number of hydrogen-bond acceptors (Lipinski definition) is 6.